The highest BCUT2D eigenvalue weighted by Gasteiger charge is 2.41. The van der Waals surface area contributed by atoms with Crippen LogP contribution < -0.4 is 10.2 Å². The third kappa shape index (κ3) is 3.29. The van der Waals surface area contributed by atoms with Crippen molar-refractivity contribution in [1.29, 1.82) is 0 Å². The summed E-state index contributed by atoms with van der Waals surface area (Å²) in [6.07, 6.45) is 5.19. The zero-order valence-corrected chi connectivity index (χ0v) is 15.8. The largest absolute Gasteiger partial charge is 0.376 e. The summed E-state index contributed by atoms with van der Waals surface area (Å²) in [5.41, 5.74) is 1.75. The normalized spacial score (nSPS) is 18.1. The highest BCUT2D eigenvalue weighted by atomic mass is 16.2. The quantitative estimate of drug-likeness (QED) is 0.882. The minimum absolute atomic E-state index is 0.0532. The molecule has 27 heavy (non-hydrogen) atoms. The molecule has 0 bridgehead atoms. The topological polar surface area (TPSA) is 70.5 Å². The first-order valence-corrected chi connectivity index (χ1v) is 9.38. The maximum absolute atomic E-state index is 12.7. The molecule has 0 aliphatic carbocycles. The van der Waals surface area contributed by atoms with Crippen LogP contribution in [0.1, 0.15) is 25.6 Å². The Bertz CT molecular complexity index is 867. The number of rotatable bonds is 2. The molecule has 1 spiro atoms. The lowest BCUT2D eigenvalue weighted by atomic mass is 9.84. The summed E-state index contributed by atoms with van der Waals surface area (Å²) in [5, 5.41) is 3.66. The molecule has 2 aliphatic heterocycles. The number of aryl methyl sites for hydroxylation is 1. The first-order valence-electron chi connectivity index (χ1n) is 9.38. The van der Waals surface area contributed by atoms with Gasteiger partial charge in [-0.2, -0.15) is 0 Å². The number of nitrogens with one attached hydrogen (secondary N) is 1. The second kappa shape index (κ2) is 6.72. The maximum Gasteiger partial charge on any atom is 0.242 e. The molecule has 3 heterocycles. The summed E-state index contributed by atoms with van der Waals surface area (Å²) in [4.78, 5) is 32.8. The summed E-state index contributed by atoms with van der Waals surface area (Å²) < 4.78 is 1.87. The van der Waals surface area contributed by atoms with E-state index in [0.29, 0.717) is 26.2 Å². The minimum atomic E-state index is -0.179. The van der Waals surface area contributed by atoms with E-state index in [1.54, 1.807) is 13.1 Å². The van der Waals surface area contributed by atoms with Crippen molar-refractivity contribution < 1.29 is 9.59 Å². The van der Waals surface area contributed by atoms with E-state index in [9.17, 15) is 9.59 Å². The Labute approximate surface area is 159 Å². The Morgan fingerprint density at radius 1 is 1.22 bits per heavy atom. The van der Waals surface area contributed by atoms with Crippen LogP contribution in [0.5, 0.6) is 0 Å². The first-order chi connectivity index (χ1) is 13.0. The van der Waals surface area contributed by atoms with E-state index in [4.69, 9.17) is 0 Å². The third-order valence-electron chi connectivity index (χ3n) is 5.74. The highest BCUT2D eigenvalue weighted by molar-refractivity contribution is 5.96. The van der Waals surface area contributed by atoms with Crippen LogP contribution in [0.2, 0.25) is 0 Å². The van der Waals surface area contributed by atoms with Gasteiger partial charge in [0.15, 0.2) is 0 Å². The van der Waals surface area contributed by atoms with Crippen LogP contribution in [-0.2, 0) is 16.1 Å². The van der Waals surface area contributed by atoms with Gasteiger partial charge in [0, 0.05) is 39.0 Å². The van der Waals surface area contributed by atoms with E-state index in [-0.39, 0.29) is 17.4 Å². The average Bonchev–Trinajstić information content (AvgIpc) is 3.06. The van der Waals surface area contributed by atoms with Gasteiger partial charge >= 0.3 is 0 Å². The van der Waals surface area contributed by atoms with E-state index in [0.717, 1.165) is 30.0 Å². The predicted molar refractivity (Wildman–Crippen MR) is 104 cm³/mol. The minimum Gasteiger partial charge on any atom is -0.376 e. The number of anilines is 2. The first kappa shape index (κ1) is 17.6. The molecule has 4 rings (SSSR count). The number of fused-ring (bicyclic) bond motifs is 1. The zero-order valence-electron chi connectivity index (χ0n) is 15.8. The van der Waals surface area contributed by atoms with Crippen molar-refractivity contribution in [3.63, 3.8) is 0 Å². The molecule has 1 fully saturated rings. The molecule has 142 valence electrons. The van der Waals surface area contributed by atoms with Crippen molar-refractivity contribution in [2.45, 2.75) is 38.8 Å². The summed E-state index contributed by atoms with van der Waals surface area (Å²) >= 11 is 0. The molecule has 7 nitrogen and oxygen atoms in total. The van der Waals surface area contributed by atoms with Gasteiger partial charge in [-0.25, -0.2) is 4.98 Å². The molecular formula is C20H25N5O2. The number of aromatic nitrogens is 2. The highest BCUT2D eigenvalue weighted by Crippen LogP contribution is 2.39. The number of para-hydroxylation sites is 2. The summed E-state index contributed by atoms with van der Waals surface area (Å²) in [6.45, 7) is 5.86. The van der Waals surface area contributed by atoms with Crippen molar-refractivity contribution in [2.75, 3.05) is 29.9 Å². The summed E-state index contributed by atoms with van der Waals surface area (Å²) in [7, 11) is 0. The number of amides is 2. The van der Waals surface area contributed by atoms with E-state index in [1.807, 2.05) is 51.8 Å². The fourth-order valence-electron chi connectivity index (χ4n) is 4.09. The van der Waals surface area contributed by atoms with Crippen molar-refractivity contribution in [3.05, 3.63) is 42.5 Å². The van der Waals surface area contributed by atoms with Crippen LogP contribution in [0.4, 0.5) is 11.4 Å². The van der Waals surface area contributed by atoms with Gasteiger partial charge in [-0.3, -0.25) is 9.59 Å². The molecule has 2 aromatic rings. The fraction of sp³-hybridized carbons (Fsp3) is 0.450. The maximum atomic E-state index is 12.7. The van der Waals surface area contributed by atoms with Gasteiger partial charge in [0.2, 0.25) is 11.8 Å². The number of nitrogens with zero attached hydrogens (tertiary/aromatic N) is 4. The molecule has 2 amide bonds. The molecule has 1 aromatic carbocycles. The molecule has 0 radical (unpaired) electrons. The standard InChI is InChI=1S/C20H25N5O2/c1-15-21-9-12-24(15)13-19(27)23-10-7-20(8-11-23)14-25(16(2)26)18-6-4-3-5-17(18)22-20/h3-6,9,12,22H,7-8,10-11,13-14H2,1-2H3. The van der Waals surface area contributed by atoms with Gasteiger partial charge in [0.1, 0.15) is 12.4 Å². The van der Waals surface area contributed by atoms with Crippen molar-refractivity contribution in [3.8, 4) is 0 Å². The Hall–Kier alpha value is -2.83. The third-order valence-corrected chi connectivity index (χ3v) is 5.74. The van der Waals surface area contributed by atoms with Gasteiger partial charge in [-0.15, -0.1) is 0 Å². The van der Waals surface area contributed by atoms with Gasteiger partial charge in [-0.05, 0) is 31.9 Å². The van der Waals surface area contributed by atoms with Gasteiger partial charge in [-0.1, -0.05) is 12.1 Å². The molecular weight excluding hydrogens is 342 g/mol. The summed E-state index contributed by atoms with van der Waals surface area (Å²) in [6, 6.07) is 7.93. The van der Waals surface area contributed by atoms with Crippen LogP contribution in [-0.4, -0.2) is 51.4 Å². The van der Waals surface area contributed by atoms with Gasteiger partial charge < -0.3 is 19.7 Å². The molecule has 0 atom stereocenters. The number of carbonyl (C=O) groups is 2. The SMILES string of the molecule is CC(=O)N1CC2(CCN(C(=O)Cn3ccnc3C)CC2)Nc2ccccc21. The van der Waals surface area contributed by atoms with Crippen LogP contribution in [0.25, 0.3) is 0 Å². The molecule has 1 N–H and O–H groups in total. The smallest absolute Gasteiger partial charge is 0.242 e. The average molecular weight is 367 g/mol. The Morgan fingerprint density at radius 2 is 1.96 bits per heavy atom. The Balaban J connectivity index is 1.46. The number of benzene rings is 1. The molecule has 2 aliphatic rings. The van der Waals surface area contributed by atoms with Gasteiger partial charge in [0.05, 0.1) is 16.9 Å². The van der Waals surface area contributed by atoms with E-state index < -0.39 is 0 Å². The van der Waals surface area contributed by atoms with E-state index in [1.165, 1.54) is 0 Å². The lowest BCUT2D eigenvalue weighted by Crippen LogP contribution is -2.59. The number of imidazole rings is 1. The van der Waals surface area contributed by atoms with E-state index >= 15 is 0 Å². The van der Waals surface area contributed by atoms with Crippen molar-refractivity contribution in [1.82, 2.24) is 14.5 Å². The van der Waals surface area contributed by atoms with Crippen molar-refractivity contribution in [2.24, 2.45) is 0 Å². The Morgan fingerprint density at radius 3 is 2.63 bits per heavy atom. The van der Waals surface area contributed by atoms with Crippen LogP contribution in [0, 0.1) is 6.92 Å². The second-order valence-corrected chi connectivity index (χ2v) is 7.51. The number of likely N-dealkylation sites (tertiary alicyclic amines) is 1. The molecule has 0 saturated carbocycles. The molecule has 0 unspecified atom stereocenters. The lowest BCUT2D eigenvalue weighted by Gasteiger charge is -2.49. The zero-order chi connectivity index (χ0) is 19.0. The lowest BCUT2D eigenvalue weighted by molar-refractivity contribution is -0.133. The Kier molecular flexibility index (Phi) is 4.37. The van der Waals surface area contributed by atoms with Crippen LogP contribution in [0.15, 0.2) is 36.7 Å². The summed E-state index contributed by atoms with van der Waals surface area (Å²) in [5.74, 6) is 1.02. The van der Waals surface area contributed by atoms with Crippen LogP contribution in [0.3, 0.4) is 0 Å². The van der Waals surface area contributed by atoms with Crippen LogP contribution >= 0.6 is 0 Å². The van der Waals surface area contributed by atoms with Gasteiger partial charge in [0.25, 0.3) is 0 Å². The molecule has 1 aromatic heterocycles. The molecule has 7 heteroatoms. The second-order valence-electron chi connectivity index (χ2n) is 7.51. The predicted octanol–water partition coefficient (Wildman–Crippen LogP) is 2.03. The van der Waals surface area contributed by atoms with Crippen molar-refractivity contribution >= 4 is 23.2 Å². The monoisotopic (exact) mass is 367 g/mol. The molecule has 1 saturated heterocycles. The number of hydrogen-bond acceptors (Lipinski definition) is 4. The number of hydrogen-bond donors (Lipinski definition) is 1. The number of piperidine rings is 1. The number of carbonyl (C=O) groups excluding carboxylic acids is 2. The van der Waals surface area contributed by atoms with E-state index in [2.05, 4.69) is 10.3 Å². The fourth-order valence-corrected chi connectivity index (χ4v) is 4.09.